The van der Waals surface area contributed by atoms with Crippen LogP contribution in [0.1, 0.15) is 39.5 Å². The highest BCUT2D eigenvalue weighted by Crippen LogP contribution is 1.95. The number of hydrogen-bond acceptors (Lipinski definition) is 3. The summed E-state index contributed by atoms with van der Waals surface area (Å²) in [4.78, 5) is 10.1. The number of ether oxygens (including phenoxy) is 1. The molecule has 3 heteroatoms. The summed E-state index contributed by atoms with van der Waals surface area (Å²) in [6, 6.07) is 0. The highest BCUT2D eigenvalue weighted by Gasteiger charge is 1.90. The summed E-state index contributed by atoms with van der Waals surface area (Å²) < 4.78 is 4.33. The zero-order valence-corrected chi connectivity index (χ0v) is 9.29. The normalized spacial score (nSPS) is 8.50. The molecule has 0 bridgehead atoms. The first-order valence-electron chi connectivity index (χ1n) is 5.12. The van der Waals surface area contributed by atoms with E-state index < -0.39 is 5.97 Å². The van der Waals surface area contributed by atoms with Crippen molar-refractivity contribution in [3.63, 3.8) is 0 Å². The SMILES string of the molecule is C=CC(=O)OCCO.CCCCCC. The number of unbranched alkanes of at least 4 members (excludes halogenated alkanes) is 3. The molecule has 0 saturated heterocycles. The first-order valence-corrected chi connectivity index (χ1v) is 5.12. The Labute approximate surface area is 86.8 Å². The van der Waals surface area contributed by atoms with E-state index in [9.17, 15) is 4.79 Å². The van der Waals surface area contributed by atoms with Gasteiger partial charge in [0.05, 0.1) is 6.61 Å². The Balaban J connectivity index is 0. The van der Waals surface area contributed by atoms with Crippen molar-refractivity contribution in [1.82, 2.24) is 0 Å². The maximum Gasteiger partial charge on any atom is 0.330 e. The summed E-state index contributed by atoms with van der Waals surface area (Å²) in [7, 11) is 0. The number of aliphatic hydroxyl groups excluding tert-OH is 1. The second kappa shape index (κ2) is 14.7. The Morgan fingerprint density at radius 3 is 2.14 bits per heavy atom. The van der Waals surface area contributed by atoms with Crippen molar-refractivity contribution >= 4 is 5.97 Å². The monoisotopic (exact) mass is 202 g/mol. The van der Waals surface area contributed by atoms with E-state index in [1.165, 1.54) is 25.7 Å². The molecule has 0 heterocycles. The molecule has 84 valence electrons. The molecule has 0 aromatic rings. The van der Waals surface area contributed by atoms with Gasteiger partial charge >= 0.3 is 5.97 Å². The van der Waals surface area contributed by atoms with E-state index >= 15 is 0 Å². The van der Waals surface area contributed by atoms with Crippen molar-refractivity contribution < 1.29 is 14.6 Å². The topological polar surface area (TPSA) is 46.5 Å². The molecule has 0 aromatic heterocycles. The lowest BCUT2D eigenvalue weighted by Gasteiger charge is -1.94. The minimum Gasteiger partial charge on any atom is -0.460 e. The number of carbonyl (C=O) groups excluding carboxylic acids is 1. The molecule has 1 N–H and O–H groups in total. The van der Waals surface area contributed by atoms with E-state index in [0.717, 1.165) is 6.08 Å². The maximum atomic E-state index is 10.1. The van der Waals surface area contributed by atoms with Gasteiger partial charge < -0.3 is 9.84 Å². The summed E-state index contributed by atoms with van der Waals surface area (Å²) >= 11 is 0. The van der Waals surface area contributed by atoms with Gasteiger partial charge in [-0.15, -0.1) is 0 Å². The molecular weight excluding hydrogens is 180 g/mol. The smallest absolute Gasteiger partial charge is 0.330 e. The minimum atomic E-state index is -0.501. The van der Waals surface area contributed by atoms with Crippen molar-refractivity contribution in [2.24, 2.45) is 0 Å². The van der Waals surface area contributed by atoms with Gasteiger partial charge in [0.25, 0.3) is 0 Å². The predicted octanol–water partition coefficient (Wildman–Crippen LogP) is 2.29. The molecule has 0 rings (SSSR count). The second-order valence-corrected chi connectivity index (χ2v) is 2.80. The first-order chi connectivity index (χ1) is 6.72. The lowest BCUT2D eigenvalue weighted by Crippen LogP contribution is -2.04. The number of aliphatic hydroxyl groups is 1. The summed E-state index contributed by atoms with van der Waals surface area (Å²) in [6.45, 7) is 7.53. The van der Waals surface area contributed by atoms with Crippen LogP contribution in [0.2, 0.25) is 0 Å². The van der Waals surface area contributed by atoms with Gasteiger partial charge in [-0.3, -0.25) is 0 Å². The number of carbonyl (C=O) groups is 1. The third-order valence-electron chi connectivity index (χ3n) is 1.46. The van der Waals surface area contributed by atoms with Gasteiger partial charge in [0.15, 0.2) is 0 Å². The van der Waals surface area contributed by atoms with Crippen LogP contribution < -0.4 is 0 Å². The van der Waals surface area contributed by atoms with Crippen LogP contribution in [0, 0.1) is 0 Å². The Morgan fingerprint density at radius 1 is 1.36 bits per heavy atom. The molecule has 0 amide bonds. The van der Waals surface area contributed by atoms with Crippen LogP contribution in [0.3, 0.4) is 0 Å². The molecule has 0 aliphatic carbocycles. The molecule has 0 atom stereocenters. The standard InChI is InChI=1S/C6H14.C5H8O3/c1-3-5-6-4-2;1-2-5(7)8-4-3-6/h3-6H2,1-2H3;2,6H,1,3-4H2. The zero-order chi connectivity index (χ0) is 11.2. The van der Waals surface area contributed by atoms with E-state index in [1.54, 1.807) is 0 Å². The van der Waals surface area contributed by atoms with Crippen molar-refractivity contribution in [1.29, 1.82) is 0 Å². The fourth-order valence-electron chi connectivity index (χ4n) is 0.705. The predicted molar refractivity (Wildman–Crippen MR) is 58.1 cm³/mol. The summed E-state index contributed by atoms with van der Waals surface area (Å²) in [6.07, 6.45) is 6.59. The number of rotatable bonds is 6. The molecule has 0 aliphatic heterocycles. The van der Waals surface area contributed by atoms with Gasteiger partial charge in [0.1, 0.15) is 6.61 Å². The van der Waals surface area contributed by atoms with Crippen LogP contribution in [0.25, 0.3) is 0 Å². The summed E-state index contributed by atoms with van der Waals surface area (Å²) in [5, 5.41) is 8.10. The lowest BCUT2D eigenvalue weighted by molar-refractivity contribution is -0.138. The van der Waals surface area contributed by atoms with Crippen LogP contribution in [0.5, 0.6) is 0 Å². The Kier molecular flexibility index (Phi) is 16.4. The van der Waals surface area contributed by atoms with Gasteiger partial charge in [0.2, 0.25) is 0 Å². The fraction of sp³-hybridized carbons (Fsp3) is 0.727. The molecule has 0 radical (unpaired) electrons. The molecule has 14 heavy (non-hydrogen) atoms. The molecule has 0 unspecified atom stereocenters. The van der Waals surface area contributed by atoms with Gasteiger partial charge in [-0.1, -0.05) is 46.1 Å². The summed E-state index contributed by atoms with van der Waals surface area (Å²) in [5.41, 5.74) is 0. The Bertz CT molecular complexity index is 128. The maximum absolute atomic E-state index is 10.1. The van der Waals surface area contributed by atoms with Gasteiger partial charge in [0, 0.05) is 6.08 Å². The van der Waals surface area contributed by atoms with Crippen molar-refractivity contribution in [2.75, 3.05) is 13.2 Å². The highest BCUT2D eigenvalue weighted by molar-refractivity contribution is 5.81. The van der Waals surface area contributed by atoms with E-state index in [2.05, 4.69) is 25.2 Å². The van der Waals surface area contributed by atoms with Gasteiger partial charge in [-0.2, -0.15) is 0 Å². The Hall–Kier alpha value is -0.830. The minimum absolute atomic E-state index is 0.0465. The number of hydrogen-bond donors (Lipinski definition) is 1. The largest absolute Gasteiger partial charge is 0.460 e. The molecule has 0 aliphatic rings. The molecule has 0 fully saturated rings. The average Bonchev–Trinajstić information content (AvgIpc) is 2.23. The third-order valence-corrected chi connectivity index (χ3v) is 1.46. The van der Waals surface area contributed by atoms with Crippen LogP contribution in [-0.2, 0) is 9.53 Å². The first kappa shape index (κ1) is 15.6. The summed E-state index contributed by atoms with van der Waals surface area (Å²) in [5.74, 6) is -0.501. The number of esters is 1. The van der Waals surface area contributed by atoms with Gasteiger partial charge in [-0.05, 0) is 0 Å². The molecule has 0 spiro atoms. The van der Waals surface area contributed by atoms with Crippen LogP contribution >= 0.6 is 0 Å². The second-order valence-electron chi connectivity index (χ2n) is 2.80. The van der Waals surface area contributed by atoms with E-state index in [4.69, 9.17) is 5.11 Å². The van der Waals surface area contributed by atoms with E-state index in [-0.39, 0.29) is 13.2 Å². The van der Waals surface area contributed by atoms with E-state index in [0.29, 0.717) is 0 Å². The van der Waals surface area contributed by atoms with Crippen LogP contribution in [-0.4, -0.2) is 24.3 Å². The fourth-order valence-corrected chi connectivity index (χ4v) is 0.705. The third kappa shape index (κ3) is 17.3. The lowest BCUT2D eigenvalue weighted by atomic mass is 10.2. The molecule has 3 nitrogen and oxygen atoms in total. The highest BCUT2D eigenvalue weighted by atomic mass is 16.5. The quantitative estimate of drug-likeness (QED) is 0.408. The van der Waals surface area contributed by atoms with Gasteiger partial charge in [-0.25, -0.2) is 4.79 Å². The van der Waals surface area contributed by atoms with Crippen molar-refractivity contribution in [3.05, 3.63) is 12.7 Å². The van der Waals surface area contributed by atoms with Crippen molar-refractivity contribution in [3.8, 4) is 0 Å². The average molecular weight is 202 g/mol. The zero-order valence-electron chi connectivity index (χ0n) is 9.29. The van der Waals surface area contributed by atoms with E-state index in [1.807, 2.05) is 0 Å². The molecular formula is C11H22O3. The van der Waals surface area contributed by atoms with Crippen LogP contribution in [0.15, 0.2) is 12.7 Å². The van der Waals surface area contributed by atoms with Crippen LogP contribution in [0.4, 0.5) is 0 Å². The molecule has 0 aromatic carbocycles. The Morgan fingerprint density at radius 2 is 1.86 bits per heavy atom. The van der Waals surface area contributed by atoms with Crippen molar-refractivity contribution in [2.45, 2.75) is 39.5 Å². The molecule has 0 saturated carbocycles.